The van der Waals surface area contributed by atoms with Gasteiger partial charge in [0.2, 0.25) is 5.91 Å². The van der Waals surface area contributed by atoms with E-state index >= 15 is 0 Å². The van der Waals surface area contributed by atoms with Crippen LogP contribution in [0.1, 0.15) is 34.6 Å². The van der Waals surface area contributed by atoms with Gasteiger partial charge >= 0.3 is 7.62 Å². The van der Waals surface area contributed by atoms with E-state index in [4.69, 9.17) is 4.65 Å². The monoisotopic (exact) mass is 295 g/mol. The fourth-order valence-corrected chi connectivity index (χ4v) is 3.90. The zero-order valence-electron chi connectivity index (χ0n) is 14.0. The summed E-state index contributed by atoms with van der Waals surface area (Å²) in [4.78, 5) is 14.8. The Morgan fingerprint density at radius 3 is 2.62 bits per heavy atom. The van der Waals surface area contributed by atoms with Crippen molar-refractivity contribution in [2.24, 2.45) is 22.7 Å². The van der Waals surface area contributed by atoms with Gasteiger partial charge in [0.1, 0.15) is 0 Å². The number of hydrogen-bond donors (Lipinski definition) is 2. The normalized spacial score (nSPS) is 31.8. The lowest BCUT2D eigenvalue weighted by Crippen LogP contribution is -2.57. The second-order valence-electron chi connectivity index (χ2n) is 8.01. The molecular weight excluding hydrogens is 267 g/mol. The topological polar surface area (TPSA) is 61.8 Å². The van der Waals surface area contributed by atoms with Crippen LogP contribution >= 0.6 is 0 Å². The van der Waals surface area contributed by atoms with Crippen LogP contribution < -0.4 is 5.23 Å². The molecule has 2 fully saturated rings. The summed E-state index contributed by atoms with van der Waals surface area (Å²) >= 11 is 0. The average Bonchev–Trinajstić information content (AvgIpc) is 2.74. The minimum atomic E-state index is -0.355. The van der Waals surface area contributed by atoms with Gasteiger partial charge < -0.3 is 19.9 Å². The number of fused-ring (bicyclic) bond motifs is 1. The van der Waals surface area contributed by atoms with Crippen molar-refractivity contribution in [3.8, 4) is 0 Å². The minimum Gasteiger partial charge on any atom is -0.427 e. The van der Waals surface area contributed by atoms with Gasteiger partial charge in [-0.1, -0.05) is 34.6 Å². The molecule has 2 rings (SSSR count). The molecule has 1 heterocycles. The van der Waals surface area contributed by atoms with E-state index in [2.05, 4.69) is 19.1 Å². The van der Waals surface area contributed by atoms with E-state index in [0.29, 0.717) is 11.8 Å². The number of carbonyl (C=O) groups is 1. The Hall–Kier alpha value is -0.585. The summed E-state index contributed by atoms with van der Waals surface area (Å²) in [5.41, 5.74) is 0.0297. The standard InChI is InChI=1S/C15H28BN2O3/c1-14(2,3)12(17-16-21-6)13(20)18-7-9-11(10(18)8-19)15(9,4)5/h9-12,17,19H,7-8H2,1-6H3/t9-,10+,11-,12+/m0/s1. The van der Waals surface area contributed by atoms with Crippen molar-refractivity contribution in [1.29, 1.82) is 0 Å². The summed E-state index contributed by atoms with van der Waals surface area (Å²) in [7, 11) is 3.02. The fourth-order valence-electron chi connectivity index (χ4n) is 3.90. The van der Waals surface area contributed by atoms with Crippen molar-refractivity contribution >= 4 is 13.5 Å². The van der Waals surface area contributed by atoms with Crippen LogP contribution in [0.25, 0.3) is 0 Å². The molecule has 0 aromatic carbocycles. The predicted molar refractivity (Wildman–Crippen MR) is 82.5 cm³/mol. The largest absolute Gasteiger partial charge is 0.427 e. The summed E-state index contributed by atoms with van der Waals surface area (Å²) in [6, 6.07) is -0.404. The molecule has 1 radical (unpaired) electrons. The van der Waals surface area contributed by atoms with Gasteiger partial charge in [0.05, 0.1) is 18.7 Å². The van der Waals surface area contributed by atoms with Crippen LogP contribution in [-0.4, -0.2) is 55.9 Å². The Labute approximate surface area is 128 Å². The number of nitrogens with zero attached hydrogens (tertiary/aromatic N) is 1. The molecule has 2 N–H and O–H groups in total. The smallest absolute Gasteiger partial charge is 0.396 e. The molecule has 1 aliphatic carbocycles. The van der Waals surface area contributed by atoms with E-state index < -0.39 is 0 Å². The Morgan fingerprint density at radius 2 is 2.14 bits per heavy atom. The van der Waals surface area contributed by atoms with E-state index in [0.717, 1.165) is 6.54 Å². The summed E-state index contributed by atoms with van der Waals surface area (Å²) in [5.74, 6) is 1.00. The maximum absolute atomic E-state index is 12.9. The first kappa shape index (κ1) is 16.8. The van der Waals surface area contributed by atoms with Gasteiger partial charge in [-0.3, -0.25) is 4.79 Å². The van der Waals surface area contributed by atoms with Crippen molar-refractivity contribution in [2.75, 3.05) is 20.3 Å². The van der Waals surface area contributed by atoms with E-state index in [9.17, 15) is 9.90 Å². The molecule has 0 bridgehead atoms. The van der Waals surface area contributed by atoms with E-state index in [1.165, 1.54) is 7.62 Å². The summed E-state index contributed by atoms with van der Waals surface area (Å²) in [6.45, 7) is 11.3. The Morgan fingerprint density at radius 1 is 1.52 bits per heavy atom. The fraction of sp³-hybridized carbons (Fsp3) is 0.933. The minimum absolute atomic E-state index is 0.0428. The third-order valence-corrected chi connectivity index (χ3v) is 5.28. The molecule has 6 heteroatoms. The van der Waals surface area contributed by atoms with Crippen molar-refractivity contribution in [3.63, 3.8) is 0 Å². The molecule has 1 saturated heterocycles. The lowest BCUT2D eigenvalue weighted by atomic mass is 9.83. The van der Waals surface area contributed by atoms with Crippen molar-refractivity contribution in [3.05, 3.63) is 0 Å². The van der Waals surface area contributed by atoms with Crippen LogP contribution in [0.2, 0.25) is 0 Å². The molecule has 119 valence electrons. The van der Waals surface area contributed by atoms with Gasteiger partial charge in [0, 0.05) is 13.7 Å². The highest BCUT2D eigenvalue weighted by Gasteiger charge is 2.67. The maximum Gasteiger partial charge on any atom is 0.396 e. The quantitative estimate of drug-likeness (QED) is 0.731. The van der Waals surface area contributed by atoms with Crippen LogP contribution in [-0.2, 0) is 9.45 Å². The predicted octanol–water partition coefficient (Wildman–Crippen LogP) is 0.647. The highest BCUT2D eigenvalue weighted by molar-refractivity contribution is 6.24. The van der Waals surface area contributed by atoms with E-state index in [1.54, 1.807) is 7.11 Å². The van der Waals surface area contributed by atoms with Gasteiger partial charge in [-0.05, 0) is 22.7 Å². The number of aliphatic hydroxyl groups excluding tert-OH is 1. The summed E-state index contributed by atoms with van der Waals surface area (Å²) in [5, 5.41) is 12.8. The molecule has 4 atom stereocenters. The van der Waals surface area contributed by atoms with Crippen LogP contribution in [0, 0.1) is 22.7 Å². The number of carbonyl (C=O) groups excluding carboxylic acids is 1. The number of rotatable bonds is 5. The second kappa shape index (κ2) is 5.56. The summed E-state index contributed by atoms with van der Waals surface area (Å²) < 4.78 is 4.94. The SMILES string of the molecule is CO[B]N[C@H](C(=O)N1C[C@H]2[C@@H]([C@H]1CO)C2(C)C)C(C)(C)C. The molecule has 1 aliphatic heterocycles. The molecule has 2 aliphatic rings. The molecular formula is C15H28BN2O3. The van der Waals surface area contributed by atoms with Crippen LogP contribution in [0.5, 0.6) is 0 Å². The van der Waals surface area contributed by atoms with Gasteiger partial charge in [-0.25, -0.2) is 0 Å². The van der Waals surface area contributed by atoms with Crippen molar-refractivity contribution in [1.82, 2.24) is 10.1 Å². The number of piperidine rings is 1. The zero-order chi connectivity index (χ0) is 16.0. The molecule has 1 saturated carbocycles. The first-order valence-corrected chi connectivity index (χ1v) is 7.68. The molecule has 0 spiro atoms. The van der Waals surface area contributed by atoms with Crippen LogP contribution in [0.15, 0.2) is 0 Å². The molecule has 0 aromatic rings. The van der Waals surface area contributed by atoms with Crippen molar-refractivity contribution in [2.45, 2.75) is 46.7 Å². The van der Waals surface area contributed by atoms with Crippen molar-refractivity contribution < 1.29 is 14.6 Å². The third-order valence-electron chi connectivity index (χ3n) is 5.28. The highest BCUT2D eigenvalue weighted by Crippen LogP contribution is 2.64. The Kier molecular flexibility index (Phi) is 4.44. The zero-order valence-corrected chi connectivity index (χ0v) is 14.0. The first-order chi connectivity index (χ1) is 9.66. The second-order valence-corrected chi connectivity index (χ2v) is 8.01. The number of hydrogen-bond acceptors (Lipinski definition) is 4. The lowest BCUT2D eigenvalue weighted by Gasteiger charge is -2.37. The van der Waals surface area contributed by atoms with Gasteiger partial charge in [0.15, 0.2) is 0 Å². The number of likely N-dealkylation sites (tertiary alicyclic amines) is 1. The molecule has 0 aromatic heterocycles. The summed E-state index contributed by atoms with van der Waals surface area (Å²) in [6.07, 6.45) is 0. The van der Waals surface area contributed by atoms with Gasteiger partial charge in [-0.15, -0.1) is 0 Å². The number of aliphatic hydroxyl groups is 1. The van der Waals surface area contributed by atoms with Crippen LogP contribution in [0.3, 0.4) is 0 Å². The van der Waals surface area contributed by atoms with Gasteiger partial charge in [-0.2, -0.15) is 0 Å². The number of amides is 1. The highest BCUT2D eigenvalue weighted by atomic mass is 16.4. The van der Waals surface area contributed by atoms with E-state index in [1.807, 2.05) is 25.7 Å². The lowest BCUT2D eigenvalue weighted by molar-refractivity contribution is -0.138. The Bertz CT molecular complexity index is 408. The van der Waals surface area contributed by atoms with E-state index in [-0.39, 0.29) is 35.4 Å². The number of nitrogens with one attached hydrogen (secondary N) is 1. The molecule has 5 nitrogen and oxygen atoms in total. The first-order valence-electron chi connectivity index (χ1n) is 7.68. The van der Waals surface area contributed by atoms with Crippen LogP contribution in [0.4, 0.5) is 0 Å². The third kappa shape index (κ3) is 2.85. The molecule has 21 heavy (non-hydrogen) atoms. The molecule has 1 amide bonds. The Balaban J connectivity index is 2.11. The average molecular weight is 295 g/mol. The molecule has 0 unspecified atom stereocenters. The van der Waals surface area contributed by atoms with Gasteiger partial charge in [0.25, 0.3) is 0 Å². The maximum atomic E-state index is 12.9.